The summed E-state index contributed by atoms with van der Waals surface area (Å²) in [7, 11) is 0. The molecule has 0 aromatic heterocycles. The third-order valence-corrected chi connectivity index (χ3v) is 3.59. The Hall–Kier alpha value is -1.10. The van der Waals surface area contributed by atoms with Gasteiger partial charge in [-0.15, -0.1) is 0 Å². The number of hydrogen-bond donors (Lipinski definition) is 1. The molecular weight excluding hydrogens is 256 g/mol. The van der Waals surface area contributed by atoms with Crippen LogP contribution in [0.4, 0.5) is 0 Å². The summed E-state index contributed by atoms with van der Waals surface area (Å²) in [5, 5.41) is 3.31. The van der Waals surface area contributed by atoms with Crippen molar-refractivity contribution >= 4 is 11.9 Å². The Labute approximate surface area is 122 Å². The van der Waals surface area contributed by atoms with Gasteiger partial charge in [-0.05, 0) is 45.6 Å². The number of piperidine rings is 1. The largest absolute Gasteiger partial charge is 0.465 e. The lowest BCUT2D eigenvalue weighted by Gasteiger charge is -2.38. The predicted octanol–water partition coefficient (Wildman–Crippen LogP) is 1.57. The van der Waals surface area contributed by atoms with Gasteiger partial charge in [-0.1, -0.05) is 13.8 Å². The fourth-order valence-corrected chi connectivity index (χ4v) is 2.61. The van der Waals surface area contributed by atoms with E-state index in [2.05, 4.69) is 5.32 Å². The summed E-state index contributed by atoms with van der Waals surface area (Å²) in [6.07, 6.45) is 2.97. The van der Waals surface area contributed by atoms with E-state index in [1.165, 1.54) is 0 Å². The van der Waals surface area contributed by atoms with Gasteiger partial charge in [0.1, 0.15) is 6.54 Å². The van der Waals surface area contributed by atoms with Gasteiger partial charge in [0.25, 0.3) is 0 Å². The average Bonchev–Trinajstić information content (AvgIpc) is 2.37. The van der Waals surface area contributed by atoms with Crippen molar-refractivity contribution in [3.05, 3.63) is 0 Å². The van der Waals surface area contributed by atoms with E-state index < -0.39 is 5.54 Å². The number of nitrogens with one attached hydrogen (secondary N) is 1. The minimum absolute atomic E-state index is 0.0129. The molecule has 0 aromatic rings. The van der Waals surface area contributed by atoms with Crippen molar-refractivity contribution in [2.24, 2.45) is 5.92 Å². The van der Waals surface area contributed by atoms with Gasteiger partial charge in [0, 0.05) is 6.54 Å². The van der Waals surface area contributed by atoms with Crippen LogP contribution < -0.4 is 5.32 Å². The van der Waals surface area contributed by atoms with Crippen molar-refractivity contribution in [3.8, 4) is 0 Å². The molecule has 5 heteroatoms. The van der Waals surface area contributed by atoms with Crippen molar-refractivity contribution in [3.63, 3.8) is 0 Å². The fraction of sp³-hybridized carbons (Fsp3) is 0.867. The number of carbonyl (C=O) groups is 2. The van der Waals surface area contributed by atoms with Crippen LogP contribution in [-0.4, -0.2) is 48.6 Å². The van der Waals surface area contributed by atoms with Crippen LogP contribution in [0.2, 0.25) is 0 Å². The lowest BCUT2D eigenvalue weighted by Crippen LogP contribution is -2.59. The Bertz CT molecular complexity index is 336. The number of hydrogen-bond acceptors (Lipinski definition) is 4. The van der Waals surface area contributed by atoms with E-state index in [1.54, 1.807) is 11.8 Å². The summed E-state index contributed by atoms with van der Waals surface area (Å²) in [4.78, 5) is 26.1. The van der Waals surface area contributed by atoms with Crippen LogP contribution in [0.25, 0.3) is 0 Å². The number of rotatable bonds is 6. The molecule has 0 radical (unpaired) electrons. The Morgan fingerprint density at radius 2 is 2.05 bits per heavy atom. The lowest BCUT2D eigenvalue weighted by molar-refractivity contribution is -0.151. The van der Waals surface area contributed by atoms with E-state index in [-0.39, 0.29) is 18.4 Å². The van der Waals surface area contributed by atoms with Crippen molar-refractivity contribution in [2.45, 2.75) is 52.5 Å². The zero-order chi connectivity index (χ0) is 15.2. The number of ether oxygens (including phenoxy) is 1. The molecule has 0 bridgehead atoms. The predicted molar refractivity (Wildman–Crippen MR) is 78.3 cm³/mol. The lowest BCUT2D eigenvalue weighted by atomic mass is 9.89. The quantitative estimate of drug-likeness (QED) is 0.752. The van der Waals surface area contributed by atoms with Crippen molar-refractivity contribution in [2.75, 3.05) is 26.2 Å². The highest BCUT2D eigenvalue weighted by molar-refractivity contribution is 5.89. The molecule has 0 aromatic carbocycles. The van der Waals surface area contributed by atoms with Gasteiger partial charge in [-0.3, -0.25) is 9.59 Å². The van der Waals surface area contributed by atoms with Crippen LogP contribution in [0.1, 0.15) is 47.0 Å². The van der Waals surface area contributed by atoms with Crippen LogP contribution >= 0.6 is 0 Å². The van der Waals surface area contributed by atoms with Gasteiger partial charge >= 0.3 is 5.97 Å². The molecule has 116 valence electrons. The highest BCUT2D eigenvalue weighted by Gasteiger charge is 2.38. The first kappa shape index (κ1) is 17.0. The molecule has 1 amide bonds. The van der Waals surface area contributed by atoms with E-state index in [4.69, 9.17) is 4.74 Å². The topological polar surface area (TPSA) is 58.6 Å². The normalized spacial score (nSPS) is 22.6. The number of carbonyl (C=O) groups excluding carboxylic acids is 2. The first-order valence-corrected chi connectivity index (χ1v) is 7.59. The first-order chi connectivity index (χ1) is 9.39. The van der Waals surface area contributed by atoms with Crippen LogP contribution in [0.3, 0.4) is 0 Å². The molecule has 1 N–H and O–H groups in total. The summed E-state index contributed by atoms with van der Waals surface area (Å²) >= 11 is 0. The summed E-state index contributed by atoms with van der Waals surface area (Å²) in [6, 6.07) is 0. The number of amides is 1. The van der Waals surface area contributed by atoms with Gasteiger partial charge in [0.15, 0.2) is 0 Å². The fourth-order valence-electron chi connectivity index (χ4n) is 2.61. The maximum Gasteiger partial charge on any atom is 0.325 e. The van der Waals surface area contributed by atoms with Crippen LogP contribution in [0, 0.1) is 5.92 Å². The molecule has 1 unspecified atom stereocenters. The summed E-state index contributed by atoms with van der Waals surface area (Å²) in [5.41, 5.74) is -0.542. The Morgan fingerprint density at radius 1 is 1.35 bits per heavy atom. The first-order valence-electron chi connectivity index (χ1n) is 7.59. The smallest absolute Gasteiger partial charge is 0.325 e. The van der Waals surface area contributed by atoms with Gasteiger partial charge in [0.05, 0.1) is 12.1 Å². The molecule has 0 aliphatic carbocycles. The molecular formula is C15H28N2O3. The summed E-state index contributed by atoms with van der Waals surface area (Å²) in [5.74, 6) is 0.000398. The molecule has 1 heterocycles. The van der Waals surface area contributed by atoms with Gasteiger partial charge < -0.3 is 15.0 Å². The molecule has 1 saturated heterocycles. The minimum atomic E-state index is -0.542. The molecule has 5 nitrogen and oxygen atoms in total. The molecule has 0 saturated carbocycles. The molecule has 20 heavy (non-hydrogen) atoms. The second-order valence-corrected chi connectivity index (χ2v) is 6.10. The Balaban J connectivity index is 2.75. The molecule has 1 aliphatic heterocycles. The van der Waals surface area contributed by atoms with E-state index in [0.29, 0.717) is 19.1 Å². The standard InChI is InChI=1S/C15H28N2O3/c1-5-20-13(18)11-17(10-12(2)3)14(19)15(4)8-6-7-9-16-15/h12,16H,5-11H2,1-4H3. The highest BCUT2D eigenvalue weighted by Crippen LogP contribution is 2.22. The highest BCUT2D eigenvalue weighted by atomic mass is 16.5. The van der Waals surface area contributed by atoms with Crippen molar-refractivity contribution in [1.82, 2.24) is 10.2 Å². The minimum Gasteiger partial charge on any atom is -0.465 e. The van der Waals surface area contributed by atoms with Gasteiger partial charge in [-0.2, -0.15) is 0 Å². The average molecular weight is 284 g/mol. The molecule has 1 fully saturated rings. The summed E-state index contributed by atoms with van der Waals surface area (Å²) < 4.78 is 4.97. The van der Waals surface area contributed by atoms with Crippen molar-refractivity contribution < 1.29 is 14.3 Å². The maximum atomic E-state index is 12.8. The van der Waals surface area contributed by atoms with Crippen molar-refractivity contribution in [1.29, 1.82) is 0 Å². The third kappa shape index (κ3) is 4.78. The molecule has 1 aliphatic rings. The molecule has 0 spiro atoms. The van der Waals surface area contributed by atoms with Gasteiger partial charge in [0.2, 0.25) is 5.91 Å². The number of nitrogens with zero attached hydrogens (tertiary/aromatic N) is 1. The van der Waals surface area contributed by atoms with E-state index in [9.17, 15) is 9.59 Å². The summed E-state index contributed by atoms with van der Waals surface area (Å²) in [6.45, 7) is 9.62. The third-order valence-electron chi connectivity index (χ3n) is 3.59. The van der Waals surface area contributed by atoms with Crippen LogP contribution in [0.5, 0.6) is 0 Å². The van der Waals surface area contributed by atoms with Crippen LogP contribution in [-0.2, 0) is 14.3 Å². The van der Waals surface area contributed by atoms with Crippen LogP contribution in [0.15, 0.2) is 0 Å². The molecule has 1 atom stereocenters. The van der Waals surface area contributed by atoms with E-state index in [0.717, 1.165) is 25.8 Å². The SMILES string of the molecule is CCOC(=O)CN(CC(C)C)C(=O)C1(C)CCCCN1. The monoisotopic (exact) mass is 284 g/mol. The Kier molecular flexibility index (Phi) is 6.46. The second-order valence-electron chi connectivity index (χ2n) is 6.10. The van der Waals surface area contributed by atoms with Gasteiger partial charge in [-0.25, -0.2) is 0 Å². The van der Waals surface area contributed by atoms with E-state index in [1.807, 2.05) is 20.8 Å². The zero-order valence-electron chi connectivity index (χ0n) is 13.2. The van der Waals surface area contributed by atoms with E-state index >= 15 is 0 Å². The zero-order valence-corrected chi connectivity index (χ0v) is 13.2. The second kappa shape index (κ2) is 7.62. The molecule has 1 rings (SSSR count). The number of esters is 1. The Morgan fingerprint density at radius 3 is 2.55 bits per heavy atom. The maximum absolute atomic E-state index is 12.8.